The first-order valence-corrected chi connectivity index (χ1v) is 8.40. The number of aryl methyl sites for hydroxylation is 2. The third-order valence-electron chi connectivity index (χ3n) is 4.28. The summed E-state index contributed by atoms with van der Waals surface area (Å²) < 4.78 is 0. The number of anilines is 2. The Bertz CT molecular complexity index is 714. The maximum absolute atomic E-state index is 12.2. The van der Waals surface area contributed by atoms with Gasteiger partial charge in [0, 0.05) is 35.9 Å². The minimum absolute atomic E-state index is 0.0403. The fourth-order valence-electron chi connectivity index (χ4n) is 3.06. The fourth-order valence-corrected chi connectivity index (χ4v) is 3.29. The molecule has 1 aliphatic heterocycles. The molecular weight excluding hydrogens is 308 g/mol. The van der Waals surface area contributed by atoms with E-state index in [9.17, 15) is 4.79 Å². The summed E-state index contributed by atoms with van der Waals surface area (Å²) in [4.78, 5) is 14.5. The predicted octanol–water partition coefficient (Wildman–Crippen LogP) is 4.43. The van der Waals surface area contributed by atoms with E-state index in [1.165, 1.54) is 11.3 Å². The van der Waals surface area contributed by atoms with Crippen molar-refractivity contribution in [1.82, 2.24) is 0 Å². The van der Waals surface area contributed by atoms with Crippen molar-refractivity contribution in [2.24, 2.45) is 0 Å². The van der Waals surface area contributed by atoms with E-state index in [-0.39, 0.29) is 5.91 Å². The lowest BCUT2D eigenvalue weighted by atomic mass is 10.0. The summed E-state index contributed by atoms with van der Waals surface area (Å²) in [5.74, 6) is 0.0403. The second-order valence-corrected chi connectivity index (χ2v) is 6.41. The smallest absolute Gasteiger partial charge is 0.226 e. The molecule has 1 heterocycles. The molecule has 0 saturated carbocycles. The van der Waals surface area contributed by atoms with Crippen LogP contribution in [0.5, 0.6) is 0 Å². The number of carbonyl (C=O) groups is 1. The highest BCUT2D eigenvalue weighted by atomic mass is 35.5. The van der Waals surface area contributed by atoms with E-state index < -0.39 is 0 Å². The largest absolute Gasteiger partial charge is 0.371 e. The molecule has 0 aromatic heterocycles. The Kier molecular flexibility index (Phi) is 4.87. The number of hydrogen-bond acceptors (Lipinski definition) is 2. The molecule has 0 atom stereocenters. The van der Waals surface area contributed by atoms with Crippen molar-refractivity contribution in [3.63, 3.8) is 0 Å². The van der Waals surface area contributed by atoms with Crippen LogP contribution in [-0.4, -0.2) is 19.0 Å². The molecule has 0 unspecified atom stereocenters. The van der Waals surface area contributed by atoms with E-state index in [1.54, 1.807) is 6.07 Å². The van der Waals surface area contributed by atoms with Crippen LogP contribution in [0.4, 0.5) is 11.4 Å². The van der Waals surface area contributed by atoms with Gasteiger partial charge in [0.1, 0.15) is 0 Å². The molecule has 23 heavy (non-hydrogen) atoms. The second kappa shape index (κ2) is 7.05. The van der Waals surface area contributed by atoms with Crippen LogP contribution in [0.15, 0.2) is 42.5 Å². The molecule has 4 heteroatoms. The molecule has 3 nitrogen and oxygen atoms in total. The lowest BCUT2D eigenvalue weighted by Gasteiger charge is -2.31. The average Bonchev–Trinajstić information content (AvgIpc) is 2.55. The maximum Gasteiger partial charge on any atom is 0.226 e. The molecule has 0 spiro atoms. The van der Waals surface area contributed by atoms with Crippen LogP contribution >= 0.6 is 11.6 Å². The van der Waals surface area contributed by atoms with Gasteiger partial charge in [0.15, 0.2) is 0 Å². The topological polar surface area (TPSA) is 32.3 Å². The highest BCUT2D eigenvalue weighted by Gasteiger charge is 2.17. The second-order valence-electron chi connectivity index (χ2n) is 5.98. The SMILES string of the molecule is Cc1cc(Cl)ccc1NC(=O)CCN1CCCc2ccccc21. The standard InChI is InChI=1S/C19H21ClN2O/c1-14-13-16(20)8-9-17(14)21-19(23)10-12-22-11-4-6-15-5-2-3-7-18(15)22/h2-3,5,7-9,13H,4,6,10-12H2,1H3,(H,21,23). The summed E-state index contributed by atoms with van der Waals surface area (Å²) in [6, 6.07) is 14.0. The first-order chi connectivity index (χ1) is 11.1. The Balaban J connectivity index is 1.59. The zero-order valence-corrected chi connectivity index (χ0v) is 14.1. The zero-order chi connectivity index (χ0) is 16.2. The summed E-state index contributed by atoms with van der Waals surface area (Å²) >= 11 is 5.94. The monoisotopic (exact) mass is 328 g/mol. The highest BCUT2D eigenvalue weighted by Crippen LogP contribution is 2.26. The highest BCUT2D eigenvalue weighted by molar-refractivity contribution is 6.30. The minimum Gasteiger partial charge on any atom is -0.371 e. The summed E-state index contributed by atoms with van der Waals surface area (Å²) in [5, 5.41) is 3.66. The molecule has 1 aliphatic rings. The first-order valence-electron chi connectivity index (χ1n) is 8.02. The molecular formula is C19H21ClN2O. The Morgan fingerprint density at radius 1 is 1.26 bits per heavy atom. The molecule has 0 saturated heterocycles. The van der Waals surface area contributed by atoms with Crippen molar-refractivity contribution in [3.8, 4) is 0 Å². The molecule has 2 aromatic carbocycles. The number of nitrogens with zero attached hydrogens (tertiary/aromatic N) is 1. The third-order valence-corrected chi connectivity index (χ3v) is 4.51. The molecule has 1 N–H and O–H groups in total. The lowest BCUT2D eigenvalue weighted by Crippen LogP contribution is -2.32. The molecule has 1 amide bonds. The van der Waals surface area contributed by atoms with Crippen molar-refractivity contribution in [2.75, 3.05) is 23.3 Å². The van der Waals surface area contributed by atoms with Crippen molar-refractivity contribution < 1.29 is 4.79 Å². The number of nitrogens with one attached hydrogen (secondary N) is 1. The number of carbonyl (C=O) groups excluding carboxylic acids is 1. The van der Waals surface area contributed by atoms with E-state index in [0.29, 0.717) is 11.4 Å². The molecule has 0 bridgehead atoms. The number of amides is 1. The van der Waals surface area contributed by atoms with Crippen LogP contribution in [0.2, 0.25) is 5.02 Å². The van der Waals surface area contributed by atoms with Crippen molar-refractivity contribution in [3.05, 3.63) is 58.6 Å². The van der Waals surface area contributed by atoms with Crippen LogP contribution in [0.1, 0.15) is 24.0 Å². The summed E-state index contributed by atoms with van der Waals surface area (Å²) in [7, 11) is 0. The minimum atomic E-state index is 0.0403. The van der Waals surface area contributed by atoms with E-state index in [1.807, 2.05) is 19.1 Å². The van der Waals surface area contributed by atoms with Crippen LogP contribution in [0.3, 0.4) is 0 Å². The van der Waals surface area contributed by atoms with E-state index in [2.05, 4.69) is 34.5 Å². The number of halogens is 1. The van der Waals surface area contributed by atoms with Crippen molar-refractivity contribution in [2.45, 2.75) is 26.2 Å². The zero-order valence-electron chi connectivity index (χ0n) is 13.3. The molecule has 0 radical (unpaired) electrons. The van der Waals surface area contributed by atoms with Crippen molar-refractivity contribution in [1.29, 1.82) is 0 Å². The van der Waals surface area contributed by atoms with E-state index in [4.69, 9.17) is 11.6 Å². The van der Waals surface area contributed by atoms with Gasteiger partial charge in [0.05, 0.1) is 0 Å². The molecule has 3 rings (SSSR count). The Labute approximate surface area is 142 Å². The van der Waals surface area contributed by atoms with Gasteiger partial charge in [-0.2, -0.15) is 0 Å². The normalized spacial score (nSPS) is 13.6. The average molecular weight is 329 g/mol. The van der Waals surface area contributed by atoms with Crippen LogP contribution in [0.25, 0.3) is 0 Å². The lowest BCUT2D eigenvalue weighted by molar-refractivity contribution is -0.116. The molecule has 2 aromatic rings. The number of para-hydroxylation sites is 1. The van der Waals surface area contributed by atoms with Gasteiger partial charge in [-0.15, -0.1) is 0 Å². The van der Waals surface area contributed by atoms with Gasteiger partial charge in [-0.05, 0) is 55.2 Å². The van der Waals surface area contributed by atoms with Gasteiger partial charge in [-0.3, -0.25) is 4.79 Å². The van der Waals surface area contributed by atoms with Crippen LogP contribution in [0, 0.1) is 6.92 Å². The van der Waals surface area contributed by atoms with Gasteiger partial charge in [0.2, 0.25) is 5.91 Å². The van der Waals surface area contributed by atoms with E-state index in [0.717, 1.165) is 37.2 Å². The summed E-state index contributed by atoms with van der Waals surface area (Å²) in [5.41, 5.74) is 4.47. The Morgan fingerprint density at radius 3 is 2.91 bits per heavy atom. The van der Waals surface area contributed by atoms with Crippen molar-refractivity contribution >= 4 is 28.9 Å². The number of fused-ring (bicyclic) bond motifs is 1. The fraction of sp³-hybridized carbons (Fsp3) is 0.316. The first kappa shape index (κ1) is 15.9. The predicted molar refractivity (Wildman–Crippen MR) is 96.4 cm³/mol. The Hall–Kier alpha value is -2.00. The van der Waals surface area contributed by atoms with Gasteiger partial charge in [0.25, 0.3) is 0 Å². The summed E-state index contributed by atoms with van der Waals surface area (Å²) in [6.45, 7) is 3.71. The van der Waals surface area contributed by atoms with Gasteiger partial charge < -0.3 is 10.2 Å². The maximum atomic E-state index is 12.2. The van der Waals surface area contributed by atoms with Gasteiger partial charge >= 0.3 is 0 Å². The summed E-state index contributed by atoms with van der Waals surface area (Å²) in [6.07, 6.45) is 2.76. The third kappa shape index (κ3) is 3.85. The quantitative estimate of drug-likeness (QED) is 0.900. The molecule has 0 aliphatic carbocycles. The van der Waals surface area contributed by atoms with Gasteiger partial charge in [-0.25, -0.2) is 0 Å². The number of benzene rings is 2. The van der Waals surface area contributed by atoms with Crippen LogP contribution in [-0.2, 0) is 11.2 Å². The van der Waals surface area contributed by atoms with E-state index >= 15 is 0 Å². The molecule has 0 fully saturated rings. The number of hydrogen-bond donors (Lipinski definition) is 1. The Morgan fingerprint density at radius 2 is 2.09 bits per heavy atom. The van der Waals surface area contributed by atoms with Gasteiger partial charge in [-0.1, -0.05) is 29.8 Å². The number of rotatable bonds is 4. The van der Waals surface area contributed by atoms with Crippen LogP contribution < -0.4 is 10.2 Å². The molecule has 120 valence electrons.